The number of carbonyl (C=O) groups excluding carboxylic acids is 1. The lowest BCUT2D eigenvalue weighted by Gasteiger charge is -2.06. The Bertz CT molecular complexity index is 1370. The summed E-state index contributed by atoms with van der Waals surface area (Å²) in [7, 11) is -3.25. The molecule has 1 amide bonds. The highest BCUT2D eigenvalue weighted by atomic mass is 32.2. The van der Waals surface area contributed by atoms with Crippen LogP contribution in [0.15, 0.2) is 56.2 Å². The van der Waals surface area contributed by atoms with Crippen LogP contribution < -0.4 is 5.32 Å². The van der Waals surface area contributed by atoms with Crippen molar-refractivity contribution in [2.75, 3.05) is 11.6 Å². The summed E-state index contributed by atoms with van der Waals surface area (Å²) in [5, 5.41) is 6.88. The number of thiazole rings is 1. The van der Waals surface area contributed by atoms with E-state index in [4.69, 9.17) is 4.52 Å². The standard InChI is InChI=1S/C22H21N3O4S3/c1-13-18(14(2)29-25-13)12-30-22-24-19-9-6-16(11-20(19)31-22)23-21(26)10-15-4-7-17(8-5-15)32(3,27)28/h4-9,11H,10,12H2,1-3H3,(H,23,26). The number of benzene rings is 2. The highest BCUT2D eigenvalue weighted by molar-refractivity contribution is 8.00. The Kier molecular flexibility index (Phi) is 6.36. The second-order valence-corrected chi connectivity index (χ2v) is 11.7. The Hall–Kier alpha value is -2.69. The quantitative estimate of drug-likeness (QED) is 0.374. The van der Waals surface area contributed by atoms with Crippen molar-refractivity contribution in [2.45, 2.75) is 35.3 Å². The number of carbonyl (C=O) groups is 1. The van der Waals surface area contributed by atoms with Gasteiger partial charge in [-0.3, -0.25) is 4.79 Å². The first-order valence-electron chi connectivity index (χ1n) is 9.73. The van der Waals surface area contributed by atoms with Gasteiger partial charge in [-0.2, -0.15) is 0 Å². The number of fused-ring (bicyclic) bond motifs is 1. The number of sulfone groups is 1. The summed E-state index contributed by atoms with van der Waals surface area (Å²) in [6, 6.07) is 12.0. The molecule has 166 valence electrons. The molecule has 0 saturated heterocycles. The van der Waals surface area contributed by atoms with Crippen molar-refractivity contribution in [1.29, 1.82) is 0 Å². The molecule has 0 aliphatic heterocycles. The molecular weight excluding hydrogens is 466 g/mol. The number of aryl methyl sites for hydroxylation is 2. The van der Waals surface area contributed by atoms with Crippen LogP contribution in [0.25, 0.3) is 10.2 Å². The summed E-state index contributed by atoms with van der Waals surface area (Å²) in [5.74, 6) is 1.39. The smallest absolute Gasteiger partial charge is 0.228 e. The number of nitrogens with zero attached hydrogens (tertiary/aromatic N) is 2. The molecule has 10 heteroatoms. The van der Waals surface area contributed by atoms with E-state index in [9.17, 15) is 13.2 Å². The number of rotatable bonds is 7. The van der Waals surface area contributed by atoms with E-state index in [0.717, 1.165) is 49.1 Å². The van der Waals surface area contributed by atoms with Gasteiger partial charge < -0.3 is 9.84 Å². The van der Waals surface area contributed by atoms with Crippen LogP contribution in [0.2, 0.25) is 0 Å². The molecule has 0 radical (unpaired) electrons. The Labute approximate surface area is 194 Å². The Morgan fingerprint density at radius 3 is 2.56 bits per heavy atom. The van der Waals surface area contributed by atoms with E-state index in [-0.39, 0.29) is 17.2 Å². The van der Waals surface area contributed by atoms with Gasteiger partial charge in [-0.15, -0.1) is 11.3 Å². The zero-order chi connectivity index (χ0) is 22.9. The van der Waals surface area contributed by atoms with Crippen molar-refractivity contribution >= 4 is 54.7 Å². The molecule has 0 fully saturated rings. The zero-order valence-electron chi connectivity index (χ0n) is 17.7. The summed E-state index contributed by atoms with van der Waals surface area (Å²) in [6.07, 6.45) is 1.31. The Balaban J connectivity index is 1.40. The normalized spacial score (nSPS) is 11.7. The minimum atomic E-state index is -3.25. The van der Waals surface area contributed by atoms with Crippen molar-refractivity contribution in [3.8, 4) is 0 Å². The molecule has 2 aromatic heterocycles. The van der Waals surface area contributed by atoms with E-state index < -0.39 is 9.84 Å². The summed E-state index contributed by atoms with van der Waals surface area (Å²) in [4.78, 5) is 17.3. The maximum Gasteiger partial charge on any atom is 0.228 e. The van der Waals surface area contributed by atoms with Gasteiger partial charge >= 0.3 is 0 Å². The summed E-state index contributed by atoms with van der Waals surface area (Å²) >= 11 is 3.21. The summed E-state index contributed by atoms with van der Waals surface area (Å²) in [6.45, 7) is 3.84. The van der Waals surface area contributed by atoms with Crippen LogP contribution in [0.1, 0.15) is 22.6 Å². The van der Waals surface area contributed by atoms with Gasteiger partial charge in [-0.05, 0) is 49.7 Å². The number of hydrogen-bond donors (Lipinski definition) is 1. The number of aromatic nitrogens is 2. The summed E-state index contributed by atoms with van der Waals surface area (Å²) in [5.41, 5.74) is 4.30. The van der Waals surface area contributed by atoms with Crippen molar-refractivity contribution in [3.05, 3.63) is 65.0 Å². The topological polar surface area (TPSA) is 102 Å². The lowest BCUT2D eigenvalue weighted by atomic mass is 10.1. The first-order chi connectivity index (χ1) is 15.2. The van der Waals surface area contributed by atoms with E-state index in [0.29, 0.717) is 5.69 Å². The molecule has 32 heavy (non-hydrogen) atoms. The van der Waals surface area contributed by atoms with Gasteiger partial charge in [0.05, 0.1) is 27.2 Å². The van der Waals surface area contributed by atoms with Gasteiger partial charge in [0.2, 0.25) is 5.91 Å². The molecule has 0 saturated carbocycles. The largest absolute Gasteiger partial charge is 0.361 e. The highest BCUT2D eigenvalue weighted by Gasteiger charge is 2.13. The summed E-state index contributed by atoms with van der Waals surface area (Å²) < 4.78 is 30.2. The minimum Gasteiger partial charge on any atom is -0.361 e. The number of anilines is 1. The van der Waals surface area contributed by atoms with Crippen LogP contribution in [0.3, 0.4) is 0 Å². The lowest BCUT2D eigenvalue weighted by molar-refractivity contribution is -0.115. The van der Waals surface area contributed by atoms with Gasteiger partial charge in [0.15, 0.2) is 14.2 Å². The van der Waals surface area contributed by atoms with Crippen molar-refractivity contribution in [3.63, 3.8) is 0 Å². The van der Waals surface area contributed by atoms with Gasteiger partial charge in [0, 0.05) is 23.3 Å². The van der Waals surface area contributed by atoms with Crippen molar-refractivity contribution in [2.24, 2.45) is 0 Å². The van der Waals surface area contributed by atoms with Crippen molar-refractivity contribution < 1.29 is 17.7 Å². The van der Waals surface area contributed by atoms with Gasteiger partial charge in [-0.25, -0.2) is 13.4 Å². The van der Waals surface area contributed by atoms with Gasteiger partial charge in [0.25, 0.3) is 0 Å². The maximum atomic E-state index is 12.4. The molecule has 0 unspecified atom stereocenters. The van der Waals surface area contributed by atoms with E-state index in [1.165, 1.54) is 12.1 Å². The van der Waals surface area contributed by atoms with Crippen LogP contribution >= 0.6 is 23.1 Å². The molecule has 0 atom stereocenters. The molecule has 1 N–H and O–H groups in total. The van der Waals surface area contributed by atoms with E-state index >= 15 is 0 Å². The Morgan fingerprint density at radius 1 is 1.16 bits per heavy atom. The van der Waals surface area contributed by atoms with E-state index in [1.54, 1.807) is 35.2 Å². The molecule has 4 rings (SSSR count). The second kappa shape index (κ2) is 9.05. The minimum absolute atomic E-state index is 0.156. The fourth-order valence-corrected chi connectivity index (χ4v) is 6.02. The number of nitrogens with one attached hydrogen (secondary N) is 1. The van der Waals surface area contributed by atoms with Crippen molar-refractivity contribution in [1.82, 2.24) is 10.1 Å². The molecular formula is C22H21N3O4S3. The first kappa shape index (κ1) is 22.5. The van der Waals surface area contributed by atoms with E-state index in [2.05, 4.69) is 15.5 Å². The number of thioether (sulfide) groups is 1. The first-order valence-corrected chi connectivity index (χ1v) is 13.4. The molecule has 0 spiro atoms. The highest BCUT2D eigenvalue weighted by Crippen LogP contribution is 2.34. The maximum absolute atomic E-state index is 12.4. The van der Waals surface area contributed by atoms with Crippen LogP contribution in [0, 0.1) is 13.8 Å². The van der Waals surface area contributed by atoms with E-state index in [1.807, 2.05) is 32.0 Å². The predicted octanol–water partition coefficient (Wildman–Crippen LogP) is 4.78. The lowest BCUT2D eigenvalue weighted by Crippen LogP contribution is -2.14. The number of amides is 1. The average molecular weight is 488 g/mol. The molecule has 2 aromatic carbocycles. The van der Waals surface area contributed by atoms with Crippen LogP contribution in [0.5, 0.6) is 0 Å². The SMILES string of the molecule is Cc1noc(C)c1CSc1nc2ccc(NC(=O)Cc3ccc(S(C)(=O)=O)cc3)cc2s1. The second-order valence-electron chi connectivity index (χ2n) is 7.39. The molecule has 0 aliphatic rings. The monoisotopic (exact) mass is 487 g/mol. The molecule has 0 aliphatic carbocycles. The molecule has 4 aromatic rings. The number of hydrogen-bond acceptors (Lipinski definition) is 8. The zero-order valence-corrected chi connectivity index (χ0v) is 20.2. The van der Waals surface area contributed by atoms with Crippen LogP contribution in [-0.4, -0.2) is 30.7 Å². The third kappa shape index (κ3) is 5.20. The molecule has 7 nitrogen and oxygen atoms in total. The molecule has 2 heterocycles. The average Bonchev–Trinajstić information content (AvgIpc) is 3.28. The fraction of sp³-hybridized carbons (Fsp3) is 0.227. The third-order valence-electron chi connectivity index (χ3n) is 4.89. The molecule has 0 bridgehead atoms. The fourth-order valence-electron chi connectivity index (χ4n) is 3.13. The van der Waals surface area contributed by atoms with Gasteiger partial charge in [-0.1, -0.05) is 29.1 Å². The third-order valence-corrected chi connectivity index (χ3v) is 8.21. The Morgan fingerprint density at radius 2 is 1.91 bits per heavy atom. The van der Waals surface area contributed by atoms with Crippen LogP contribution in [-0.2, 0) is 26.8 Å². The van der Waals surface area contributed by atoms with Crippen LogP contribution in [0.4, 0.5) is 5.69 Å². The predicted molar refractivity (Wildman–Crippen MR) is 127 cm³/mol. The van der Waals surface area contributed by atoms with Gasteiger partial charge in [0.1, 0.15) is 5.76 Å².